The Bertz CT molecular complexity index is 1720. The van der Waals surface area contributed by atoms with E-state index in [1.54, 1.807) is 0 Å². The van der Waals surface area contributed by atoms with Crippen molar-refractivity contribution in [2.24, 2.45) is 0 Å². The SMILES string of the molecule is CC/C=C\C/C=C\C/C=C\C/C=C\CCCCCCCCCCCCCCCCCCCCC(=O)OC(COC(=O)CCCCCCCCCCCCCCCCCC/C=C\C/C=C\C/C=C\C/C=C\CC)COC(OCC[N+](C)(C)C)C(=O)O. The van der Waals surface area contributed by atoms with Gasteiger partial charge in [0, 0.05) is 12.8 Å². The number of aliphatic carboxylic acids is 1. The normalized spacial score (nSPS) is 13.3. The summed E-state index contributed by atoms with van der Waals surface area (Å²) in [6.45, 7) is 4.69. The molecule has 9 heteroatoms. The lowest BCUT2D eigenvalue weighted by Gasteiger charge is -2.25. The van der Waals surface area contributed by atoms with Gasteiger partial charge < -0.3 is 28.5 Å². The molecule has 0 aliphatic carbocycles. The molecule has 85 heavy (non-hydrogen) atoms. The van der Waals surface area contributed by atoms with Gasteiger partial charge in [-0.1, -0.05) is 304 Å². The smallest absolute Gasteiger partial charge is 0.361 e. The van der Waals surface area contributed by atoms with Crippen molar-refractivity contribution in [1.29, 1.82) is 0 Å². The van der Waals surface area contributed by atoms with Crippen LogP contribution in [0.2, 0.25) is 0 Å². The molecule has 0 aromatic carbocycles. The highest BCUT2D eigenvalue weighted by atomic mass is 16.7. The fourth-order valence-electron chi connectivity index (χ4n) is 10.00. The summed E-state index contributed by atoms with van der Waals surface area (Å²) in [5.41, 5.74) is 0. The van der Waals surface area contributed by atoms with Crippen molar-refractivity contribution in [2.75, 3.05) is 47.5 Å². The maximum atomic E-state index is 13.0. The van der Waals surface area contributed by atoms with Crippen LogP contribution < -0.4 is 0 Å². The van der Waals surface area contributed by atoms with Gasteiger partial charge in [-0.3, -0.25) is 9.59 Å². The molecule has 0 rings (SSSR count). The Morgan fingerprint density at radius 2 is 0.635 bits per heavy atom. The molecule has 0 bridgehead atoms. The number of hydrogen-bond acceptors (Lipinski definition) is 7. The molecule has 0 aromatic heterocycles. The first-order valence-corrected chi connectivity index (χ1v) is 35.4. The molecule has 0 radical (unpaired) electrons. The highest BCUT2D eigenvalue weighted by Crippen LogP contribution is 2.18. The molecular formula is C76H134NO8+. The van der Waals surface area contributed by atoms with Crippen LogP contribution in [0.1, 0.15) is 309 Å². The minimum absolute atomic E-state index is 0.182. The van der Waals surface area contributed by atoms with Crippen LogP contribution in [-0.4, -0.2) is 87.4 Å². The first-order valence-electron chi connectivity index (χ1n) is 35.4. The molecule has 1 N–H and O–H groups in total. The summed E-state index contributed by atoms with van der Waals surface area (Å²) >= 11 is 0. The van der Waals surface area contributed by atoms with Crippen molar-refractivity contribution in [3.63, 3.8) is 0 Å². The van der Waals surface area contributed by atoms with Gasteiger partial charge in [-0.2, -0.15) is 0 Å². The van der Waals surface area contributed by atoms with Gasteiger partial charge in [0.05, 0.1) is 34.4 Å². The quantitative estimate of drug-likeness (QED) is 0.0211. The Balaban J connectivity index is 4.08. The number of carboxylic acids is 1. The third kappa shape index (κ3) is 67.6. The molecular weight excluding hydrogens is 1050 g/mol. The number of carbonyl (C=O) groups excluding carboxylic acids is 2. The Morgan fingerprint density at radius 1 is 0.353 bits per heavy atom. The van der Waals surface area contributed by atoms with E-state index in [1.165, 1.54) is 193 Å². The first-order chi connectivity index (χ1) is 41.6. The van der Waals surface area contributed by atoms with Crippen molar-refractivity contribution in [3.05, 3.63) is 97.2 Å². The van der Waals surface area contributed by atoms with Crippen LogP contribution in [0.15, 0.2) is 97.2 Å². The van der Waals surface area contributed by atoms with Gasteiger partial charge >= 0.3 is 17.9 Å². The maximum absolute atomic E-state index is 13.0. The summed E-state index contributed by atoms with van der Waals surface area (Å²) in [6.07, 6.45) is 88.1. The van der Waals surface area contributed by atoms with Crippen LogP contribution in [0.25, 0.3) is 0 Å². The Labute approximate surface area is 524 Å². The van der Waals surface area contributed by atoms with Crippen LogP contribution in [0.5, 0.6) is 0 Å². The predicted molar refractivity (Wildman–Crippen MR) is 364 cm³/mol. The van der Waals surface area contributed by atoms with E-state index in [4.69, 9.17) is 18.9 Å². The molecule has 0 saturated heterocycles. The minimum atomic E-state index is -1.51. The van der Waals surface area contributed by atoms with Crippen molar-refractivity contribution >= 4 is 17.9 Å². The molecule has 0 saturated carbocycles. The molecule has 0 spiro atoms. The van der Waals surface area contributed by atoms with E-state index in [1.807, 2.05) is 21.1 Å². The molecule has 490 valence electrons. The minimum Gasteiger partial charge on any atom is -0.477 e. The molecule has 2 atom stereocenters. The van der Waals surface area contributed by atoms with Gasteiger partial charge in [0.1, 0.15) is 13.2 Å². The fraction of sp³-hybridized carbons (Fsp3) is 0.750. The number of carbonyl (C=O) groups is 3. The number of esters is 2. The Morgan fingerprint density at radius 3 is 0.941 bits per heavy atom. The highest BCUT2D eigenvalue weighted by Gasteiger charge is 2.25. The van der Waals surface area contributed by atoms with Gasteiger partial charge in [-0.05, 0) is 89.9 Å². The first kappa shape index (κ1) is 81.2. The van der Waals surface area contributed by atoms with Crippen molar-refractivity contribution in [2.45, 2.75) is 322 Å². The molecule has 0 amide bonds. The van der Waals surface area contributed by atoms with Crippen LogP contribution >= 0.6 is 0 Å². The molecule has 0 fully saturated rings. The van der Waals surface area contributed by atoms with Crippen molar-refractivity contribution in [3.8, 4) is 0 Å². The van der Waals surface area contributed by atoms with Crippen LogP contribution in [0.4, 0.5) is 0 Å². The van der Waals surface area contributed by atoms with Gasteiger partial charge in [0.2, 0.25) is 0 Å². The van der Waals surface area contributed by atoms with E-state index in [2.05, 4.69) is 111 Å². The summed E-state index contributed by atoms with van der Waals surface area (Å²) in [6, 6.07) is 0. The van der Waals surface area contributed by atoms with E-state index >= 15 is 0 Å². The average Bonchev–Trinajstić information content (AvgIpc) is 3.49. The molecule has 0 aliphatic heterocycles. The third-order valence-corrected chi connectivity index (χ3v) is 15.3. The zero-order valence-corrected chi connectivity index (χ0v) is 56.0. The highest BCUT2D eigenvalue weighted by molar-refractivity contribution is 5.71. The second-order valence-corrected chi connectivity index (χ2v) is 24.8. The summed E-state index contributed by atoms with van der Waals surface area (Å²) in [5.74, 6) is -1.99. The lowest BCUT2D eigenvalue weighted by atomic mass is 10.0. The predicted octanol–water partition coefficient (Wildman–Crippen LogP) is 22.0. The van der Waals surface area contributed by atoms with Crippen LogP contribution in [0.3, 0.4) is 0 Å². The fourth-order valence-corrected chi connectivity index (χ4v) is 10.00. The molecule has 2 unspecified atom stereocenters. The molecule has 0 aromatic rings. The third-order valence-electron chi connectivity index (χ3n) is 15.3. The number of carboxylic acid groups (broad SMARTS) is 1. The summed E-state index contributed by atoms with van der Waals surface area (Å²) in [7, 11) is 5.98. The van der Waals surface area contributed by atoms with Gasteiger partial charge in [0.15, 0.2) is 6.10 Å². The van der Waals surface area contributed by atoms with Gasteiger partial charge in [-0.15, -0.1) is 0 Å². The topological polar surface area (TPSA) is 108 Å². The standard InChI is InChI=1S/C76H133NO8/c1-6-8-10-12-14-16-18-20-22-24-26-28-30-32-34-36-37-39-41-43-45-47-49-51-53-55-57-59-61-63-65-67-74(79)85-72(71-84-76(75(80)81)82-69-68-77(3,4)5)70-83-73(78)66-64-62-60-58-56-54-52-50-48-46-44-42-40-38-35-33-31-29-27-25-23-21-19-17-15-13-11-9-7-2/h8-11,14-17,20-23,26-29,72,76H,6-7,12-13,18-19,24-25,30-71H2,1-5H3/p+1/b10-8-,11-9-,16-14-,17-15-,22-20-,23-21-,28-26-,29-27-. The lowest BCUT2D eigenvalue weighted by molar-refractivity contribution is -0.870. The maximum Gasteiger partial charge on any atom is 0.361 e. The Hall–Kier alpha value is -3.79. The van der Waals surface area contributed by atoms with Crippen molar-refractivity contribution in [1.82, 2.24) is 0 Å². The zero-order valence-electron chi connectivity index (χ0n) is 56.0. The Kier molecular flexibility index (Phi) is 63.2. The number of nitrogens with zero attached hydrogens (tertiary/aromatic N) is 1. The number of quaternary nitrogens is 1. The number of unbranched alkanes of at least 4 members (excludes halogenated alkanes) is 34. The number of hydrogen-bond donors (Lipinski definition) is 1. The van der Waals surface area contributed by atoms with E-state index in [0.717, 1.165) is 89.9 Å². The summed E-state index contributed by atoms with van der Waals surface area (Å²) in [4.78, 5) is 37.7. The molecule has 0 heterocycles. The lowest BCUT2D eigenvalue weighted by Crippen LogP contribution is -2.40. The summed E-state index contributed by atoms with van der Waals surface area (Å²) < 4.78 is 23.0. The second-order valence-electron chi connectivity index (χ2n) is 24.8. The average molecular weight is 1190 g/mol. The molecule has 0 aliphatic rings. The number of rotatable bonds is 65. The molecule has 9 nitrogen and oxygen atoms in total. The van der Waals surface area contributed by atoms with Gasteiger partial charge in [-0.25, -0.2) is 4.79 Å². The van der Waals surface area contributed by atoms with E-state index in [0.29, 0.717) is 17.4 Å². The van der Waals surface area contributed by atoms with Crippen LogP contribution in [0, 0.1) is 0 Å². The van der Waals surface area contributed by atoms with E-state index in [9.17, 15) is 19.5 Å². The second kappa shape index (κ2) is 66.2. The van der Waals surface area contributed by atoms with Crippen LogP contribution in [-0.2, 0) is 33.3 Å². The monoisotopic (exact) mass is 1190 g/mol. The largest absolute Gasteiger partial charge is 0.477 e. The van der Waals surface area contributed by atoms with E-state index < -0.39 is 24.3 Å². The zero-order chi connectivity index (χ0) is 61.9. The summed E-state index contributed by atoms with van der Waals surface area (Å²) in [5, 5.41) is 9.75. The van der Waals surface area contributed by atoms with E-state index in [-0.39, 0.29) is 32.2 Å². The van der Waals surface area contributed by atoms with Gasteiger partial charge in [0.25, 0.3) is 6.29 Å². The number of likely N-dealkylation sites (N-methyl/N-ethyl adjacent to an activating group) is 1. The number of allylic oxidation sites excluding steroid dienone is 16. The number of ether oxygens (including phenoxy) is 4. The van der Waals surface area contributed by atoms with Crippen molar-refractivity contribution < 1.29 is 42.9 Å².